The molecule has 0 radical (unpaired) electrons. The monoisotopic (exact) mass is 507 g/mol. The van der Waals surface area contributed by atoms with Crippen LogP contribution in [0.4, 0.5) is 0 Å². The average molecular weight is 507 g/mol. The highest BCUT2D eigenvalue weighted by molar-refractivity contribution is 4.56. The Labute approximate surface area is 232 Å². The molecule has 0 heteroatoms. The SMILES string of the molecule is CCCCCCCCCCCCCCCCCCCC(C)CCCCCCCCCCCCCCC. The van der Waals surface area contributed by atoms with Gasteiger partial charge in [0.25, 0.3) is 0 Å². The normalized spacial score (nSPS) is 12.4. The molecule has 0 rings (SSSR count). The first-order valence-electron chi connectivity index (χ1n) is 17.8. The minimum absolute atomic E-state index is 0.967. The lowest BCUT2D eigenvalue weighted by Crippen LogP contribution is -1.95. The van der Waals surface area contributed by atoms with Crippen molar-refractivity contribution in [3.8, 4) is 0 Å². The van der Waals surface area contributed by atoms with Crippen LogP contribution in [0.1, 0.15) is 226 Å². The Morgan fingerprint density at radius 3 is 0.611 bits per heavy atom. The smallest absolute Gasteiger partial charge is 0.0443 e. The molecule has 1 unspecified atom stereocenters. The molecule has 1 atom stereocenters. The predicted molar refractivity (Wildman–Crippen MR) is 168 cm³/mol. The average Bonchev–Trinajstić information content (AvgIpc) is 2.88. The number of hydrogen-bond donors (Lipinski definition) is 0. The Kier molecular flexibility index (Phi) is 33.0. The van der Waals surface area contributed by atoms with Gasteiger partial charge in [-0.2, -0.15) is 0 Å². The van der Waals surface area contributed by atoms with Crippen LogP contribution in [0.25, 0.3) is 0 Å². The maximum Gasteiger partial charge on any atom is -0.0443 e. The molecule has 0 aliphatic heterocycles. The molecular formula is C36H74. The highest BCUT2D eigenvalue weighted by Gasteiger charge is 2.02. The van der Waals surface area contributed by atoms with Crippen molar-refractivity contribution in [2.75, 3.05) is 0 Å². The summed E-state index contributed by atoms with van der Waals surface area (Å²) >= 11 is 0. The maximum atomic E-state index is 2.51. The van der Waals surface area contributed by atoms with Gasteiger partial charge >= 0.3 is 0 Å². The van der Waals surface area contributed by atoms with Crippen molar-refractivity contribution in [1.82, 2.24) is 0 Å². The molecule has 36 heavy (non-hydrogen) atoms. The van der Waals surface area contributed by atoms with Crippen molar-refractivity contribution in [1.29, 1.82) is 0 Å². The van der Waals surface area contributed by atoms with Crippen LogP contribution in [0.15, 0.2) is 0 Å². The van der Waals surface area contributed by atoms with E-state index < -0.39 is 0 Å². The van der Waals surface area contributed by atoms with Crippen LogP contribution < -0.4 is 0 Å². The Bertz CT molecular complexity index is 359. The lowest BCUT2D eigenvalue weighted by Gasteiger charge is -2.11. The van der Waals surface area contributed by atoms with Crippen LogP contribution in [-0.2, 0) is 0 Å². The van der Waals surface area contributed by atoms with E-state index in [0.29, 0.717) is 0 Å². The standard InChI is InChI=1S/C36H74/c1-4-6-8-10-12-14-16-18-19-20-21-23-25-27-29-31-33-35-36(3)34-32-30-28-26-24-22-17-15-13-11-9-7-5-2/h36H,4-35H2,1-3H3. The molecular weight excluding hydrogens is 432 g/mol. The van der Waals surface area contributed by atoms with Gasteiger partial charge in [0.05, 0.1) is 0 Å². The zero-order valence-electron chi connectivity index (χ0n) is 26.2. The maximum absolute atomic E-state index is 2.51. The third-order valence-electron chi connectivity index (χ3n) is 8.60. The zero-order valence-corrected chi connectivity index (χ0v) is 26.2. The van der Waals surface area contributed by atoms with Crippen LogP contribution in [0.2, 0.25) is 0 Å². The van der Waals surface area contributed by atoms with Gasteiger partial charge in [-0.1, -0.05) is 226 Å². The molecule has 0 aliphatic rings. The fourth-order valence-corrected chi connectivity index (χ4v) is 5.87. The van der Waals surface area contributed by atoms with Crippen molar-refractivity contribution in [3.63, 3.8) is 0 Å². The van der Waals surface area contributed by atoms with E-state index in [1.165, 1.54) is 205 Å². The molecule has 0 fully saturated rings. The molecule has 0 aromatic rings. The lowest BCUT2D eigenvalue weighted by atomic mass is 9.95. The summed E-state index contributed by atoms with van der Waals surface area (Å²) in [5, 5.41) is 0. The van der Waals surface area contributed by atoms with Crippen molar-refractivity contribution in [2.45, 2.75) is 226 Å². The van der Waals surface area contributed by atoms with Gasteiger partial charge in [-0.05, 0) is 5.92 Å². The molecule has 0 saturated heterocycles. The number of hydrogen-bond acceptors (Lipinski definition) is 0. The Hall–Kier alpha value is 0. The summed E-state index contributed by atoms with van der Waals surface area (Å²) < 4.78 is 0. The largest absolute Gasteiger partial charge is 0.0654 e. The van der Waals surface area contributed by atoms with Gasteiger partial charge in [-0.15, -0.1) is 0 Å². The second-order valence-electron chi connectivity index (χ2n) is 12.6. The minimum Gasteiger partial charge on any atom is -0.0654 e. The second-order valence-corrected chi connectivity index (χ2v) is 12.6. The van der Waals surface area contributed by atoms with E-state index in [1.54, 1.807) is 0 Å². The summed E-state index contributed by atoms with van der Waals surface area (Å²) in [6.07, 6.45) is 47.2. The van der Waals surface area contributed by atoms with E-state index in [4.69, 9.17) is 0 Å². The molecule has 0 spiro atoms. The van der Waals surface area contributed by atoms with Gasteiger partial charge in [-0.3, -0.25) is 0 Å². The van der Waals surface area contributed by atoms with E-state index >= 15 is 0 Å². The predicted octanol–water partition coefficient (Wildman–Crippen LogP) is 14.1. The number of rotatable bonds is 32. The highest BCUT2D eigenvalue weighted by Crippen LogP contribution is 2.19. The van der Waals surface area contributed by atoms with Crippen LogP contribution in [-0.4, -0.2) is 0 Å². The van der Waals surface area contributed by atoms with E-state index in [9.17, 15) is 0 Å². The van der Waals surface area contributed by atoms with Crippen LogP contribution in [0.5, 0.6) is 0 Å². The minimum atomic E-state index is 0.967. The van der Waals surface area contributed by atoms with Crippen molar-refractivity contribution in [2.24, 2.45) is 5.92 Å². The van der Waals surface area contributed by atoms with Crippen molar-refractivity contribution < 1.29 is 0 Å². The summed E-state index contributed by atoms with van der Waals surface area (Å²) in [6.45, 7) is 7.12. The topological polar surface area (TPSA) is 0 Å². The third kappa shape index (κ3) is 32.0. The van der Waals surface area contributed by atoms with Gasteiger partial charge in [0, 0.05) is 0 Å². The molecule has 218 valence electrons. The molecule has 0 saturated carbocycles. The van der Waals surface area contributed by atoms with E-state index in [1.807, 2.05) is 0 Å². The van der Waals surface area contributed by atoms with Crippen molar-refractivity contribution >= 4 is 0 Å². The van der Waals surface area contributed by atoms with Gasteiger partial charge in [0.15, 0.2) is 0 Å². The zero-order chi connectivity index (χ0) is 26.2. The van der Waals surface area contributed by atoms with Gasteiger partial charge < -0.3 is 0 Å². The fourth-order valence-electron chi connectivity index (χ4n) is 5.87. The highest BCUT2D eigenvalue weighted by atomic mass is 14.1. The Morgan fingerprint density at radius 1 is 0.250 bits per heavy atom. The Balaban J connectivity index is 3.13. The first-order valence-corrected chi connectivity index (χ1v) is 17.8. The number of unbranched alkanes of at least 4 members (excludes halogenated alkanes) is 28. The van der Waals surface area contributed by atoms with Gasteiger partial charge in [0.2, 0.25) is 0 Å². The lowest BCUT2D eigenvalue weighted by molar-refractivity contribution is 0.429. The summed E-state index contributed by atoms with van der Waals surface area (Å²) in [5.74, 6) is 0.967. The summed E-state index contributed by atoms with van der Waals surface area (Å²) in [7, 11) is 0. The molecule has 0 amide bonds. The first-order chi connectivity index (χ1) is 17.8. The molecule has 0 N–H and O–H groups in total. The third-order valence-corrected chi connectivity index (χ3v) is 8.60. The molecule has 0 heterocycles. The second kappa shape index (κ2) is 33.0. The first kappa shape index (κ1) is 36.0. The quantitative estimate of drug-likeness (QED) is 0.0795. The molecule has 0 aliphatic carbocycles. The van der Waals surface area contributed by atoms with Crippen molar-refractivity contribution in [3.05, 3.63) is 0 Å². The van der Waals surface area contributed by atoms with Gasteiger partial charge in [-0.25, -0.2) is 0 Å². The van der Waals surface area contributed by atoms with Crippen LogP contribution in [0.3, 0.4) is 0 Å². The van der Waals surface area contributed by atoms with E-state index in [2.05, 4.69) is 20.8 Å². The van der Waals surface area contributed by atoms with Gasteiger partial charge in [0.1, 0.15) is 0 Å². The molecule has 0 aromatic carbocycles. The van der Waals surface area contributed by atoms with E-state index in [0.717, 1.165) is 5.92 Å². The van der Waals surface area contributed by atoms with E-state index in [-0.39, 0.29) is 0 Å². The molecule has 0 bridgehead atoms. The Morgan fingerprint density at radius 2 is 0.417 bits per heavy atom. The fraction of sp³-hybridized carbons (Fsp3) is 1.00. The summed E-state index contributed by atoms with van der Waals surface area (Å²) in [5.41, 5.74) is 0. The molecule has 0 aromatic heterocycles. The van der Waals surface area contributed by atoms with Crippen LogP contribution in [0, 0.1) is 5.92 Å². The molecule has 0 nitrogen and oxygen atoms in total. The summed E-state index contributed by atoms with van der Waals surface area (Å²) in [4.78, 5) is 0. The summed E-state index contributed by atoms with van der Waals surface area (Å²) in [6, 6.07) is 0. The van der Waals surface area contributed by atoms with Crippen LogP contribution >= 0.6 is 0 Å².